The highest BCUT2D eigenvalue weighted by molar-refractivity contribution is 6.25. The van der Waals surface area contributed by atoms with Crippen LogP contribution in [0.3, 0.4) is 0 Å². The average Bonchev–Trinajstić information content (AvgIpc) is 2.40. The Bertz CT molecular complexity index is 361. The Morgan fingerprint density at radius 3 is 2.59 bits per heavy atom. The standard InChI is InChI=1S/C15H20ClN/c1-2-12-5-8-15(17-11-12)14-6-3-13(4-7-14)9-10-16/h5,8-11,13-14H,2-4,6-7H2,1H3. The maximum Gasteiger partial charge on any atom is 0.0434 e. The zero-order valence-electron chi connectivity index (χ0n) is 10.4. The Morgan fingerprint density at radius 2 is 2.06 bits per heavy atom. The molecule has 0 aliphatic heterocycles. The van der Waals surface area contributed by atoms with Gasteiger partial charge in [-0.25, -0.2) is 0 Å². The quantitative estimate of drug-likeness (QED) is 0.759. The first-order valence-corrected chi connectivity index (χ1v) is 6.98. The maximum atomic E-state index is 5.63. The van der Waals surface area contributed by atoms with Crippen LogP contribution in [0.4, 0.5) is 0 Å². The summed E-state index contributed by atoms with van der Waals surface area (Å²) in [6.45, 7) is 2.17. The first kappa shape index (κ1) is 12.6. The zero-order chi connectivity index (χ0) is 12.1. The van der Waals surface area contributed by atoms with Crippen molar-refractivity contribution in [3.8, 4) is 0 Å². The van der Waals surface area contributed by atoms with Crippen molar-refractivity contribution in [2.75, 3.05) is 0 Å². The summed E-state index contributed by atoms with van der Waals surface area (Å²) in [6, 6.07) is 4.42. The van der Waals surface area contributed by atoms with E-state index < -0.39 is 0 Å². The van der Waals surface area contributed by atoms with E-state index in [0.29, 0.717) is 11.8 Å². The van der Waals surface area contributed by atoms with E-state index in [1.54, 1.807) is 5.54 Å². The molecular weight excluding hydrogens is 230 g/mol. The molecule has 0 saturated heterocycles. The molecule has 0 atom stereocenters. The molecular formula is C15H20ClN. The van der Waals surface area contributed by atoms with Crippen LogP contribution in [0.1, 0.15) is 49.8 Å². The van der Waals surface area contributed by atoms with Crippen molar-refractivity contribution in [2.24, 2.45) is 5.92 Å². The van der Waals surface area contributed by atoms with Crippen molar-refractivity contribution >= 4 is 11.6 Å². The van der Waals surface area contributed by atoms with Crippen LogP contribution in [0.15, 0.2) is 29.9 Å². The molecule has 2 heteroatoms. The van der Waals surface area contributed by atoms with E-state index >= 15 is 0 Å². The number of pyridine rings is 1. The number of halogens is 1. The lowest BCUT2D eigenvalue weighted by Gasteiger charge is -2.26. The van der Waals surface area contributed by atoms with Crippen LogP contribution >= 0.6 is 11.6 Å². The van der Waals surface area contributed by atoms with Crippen molar-refractivity contribution in [3.05, 3.63) is 41.2 Å². The second kappa shape index (κ2) is 6.20. The molecule has 0 N–H and O–H groups in total. The lowest BCUT2D eigenvalue weighted by molar-refractivity contribution is 0.371. The molecule has 0 spiro atoms. The van der Waals surface area contributed by atoms with Gasteiger partial charge in [0.05, 0.1) is 0 Å². The normalized spacial score (nSPS) is 25.3. The first-order chi connectivity index (χ1) is 8.33. The van der Waals surface area contributed by atoms with Crippen molar-refractivity contribution in [1.82, 2.24) is 4.98 Å². The predicted octanol–water partition coefficient (Wildman–Crippen LogP) is 4.67. The van der Waals surface area contributed by atoms with Crippen molar-refractivity contribution in [2.45, 2.75) is 44.9 Å². The van der Waals surface area contributed by atoms with Gasteiger partial charge in [0.2, 0.25) is 0 Å². The van der Waals surface area contributed by atoms with Gasteiger partial charge in [0.1, 0.15) is 0 Å². The second-order valence-electron chi connectivity index (χ2n) is 4.88. The summed E-state index contributed by atoms with van der Waals surface area (Å²) in [7, 11) is 0. The Balaban J connectivity index is 1.95. The van der Waals surface area contributed by atoms with E-state index in [1.807, 2.05) is 6.20 Å². The highest BCUT2D eigenvalue weighted by Gasteiger charge is 2.21. The van der Waals surface area contributed by atoms with Gasteiger partial charge in [-0.05, 0) is 49.7 Å². The number of hydrogen-bond acceptors (Lipinski definition) is 1. The van der Waals surface area contributed by atoms with Gasteiger partial charge in [-0.2, -0.15) is 0 Å². The third-order valence-corrected chi connectivity index (χ3v) is 3.94. The first-order valence-electron chi connectivity index (χ1n) is 6.55. The number of rotatable bonds is 3. The van der Waals surface area contributed by atoms with Crippen LogP contribution in [-0.2, 0) is 6.42 Å². The average molecular weight is 250 g/mol. The largest absolute Gasteiger partial charge is 0.261 e. The third-order valence-electron chi connectivity index (χ3n) is 3.79. The molecule has 1 aromatic rings. The Kier molecular flexibility index (Phi) is 4.61. The molecule has 1 nitrogen and oxygen atoms in total. The van der Waals surface area contributed by atoms with Gasteiger partial charge in [0.25, 0.3) is 0 Å². The molecule has 1 fully saturated rings. The number of aromatic nitrogens is 1. The van der Waals surface area contributed by atoms with Gasteiger partial charge in [-0.3, -0.25) is 4.98 Å². The molecule has 1 aliphatic carbocycles. The van der Waals surface area contributed by atoms with Gasteiger partial charge < -0.3 is 0 Å². The molecule has 1 aliphatic rings. The molecule has 0 amide bonds. The summed E-state index contributed by atoms with van der Waals surface area (Å²) in [5.41, 5.74) is 4.27. The van der Waals surface area contributed by atoms with Crippen LogP contribution in [0.25, 0.3) is 0 Å². The lowest BCUT2D eigenvalue weighted by Crippen LogP contribution is -2.12. The molecule has 1 aromatic heterocycles. The minimum absolute atomic E-state index is 0.654. The Hall–Kier alpha value is -0.820. The molecule has 0 aromatic carbocycles. The molecule has 0 unspecified atom stereocenters. The van der Waals surface area contributed by atoms with E-state index in [9.17, 15) is 0 Å². The topological polar surface area (TPSA) is 12.9 Å². The minimum atomic E-state index is 0.654. The van der Waals surface area contributed by atoms with Crippen LogP contribution in [0.2, 0.25) is 0 Å². The smallest absolute Gasteiger partial charge is 0.0434 e. The van der Waals surface area contributed by atoms with E-state index in [-0.39, 0.29) is 0 Å². The molecule has 1 saturated carbocycles. The van der Waals surface area contributed by atoms with E-state index in [2.05, 4.69) is 30.1 Å². The fourth-order valence-electron chi connectivity index (χ4n) is 2.60. The van der Waals surface area contributed by atoms with Gasteiger partial charge in [-0.1, -0.05) is 30.7 Å². The number of hydrogen-bond donors (Lipinski definition) is 0. The summed E-state index contributed by atoms with van der Waals surface area (Å²) in [5, 5.41) is 0. The molecule has 0 bridgehead atoms. The number of nitrogens with zero attached hydrogens (tertiary/aromatic N) is 1. The van der Waals surface area contributed by atoms with Crippen LogP contribution < -0.4 is 0 Å². The summed E-state index contributed by atoms with van der Waals surface area (Å²) in [4.78, 5) is 4.60. The van der Waals surface area contributed by atoms with Gasteiger partial charge in [0, 0.05) is 23.3 Å². The monoisotopic (exact) mass is 249 g/mol. The number of aryl methyl sites for hydroxylation is 1. The van der Waals surface area contributed by atoms with Crippen molar-refractivity contribution in [3.63, 3.8) is 0 Å². The minimum Gasteiger partial charge on any atom is -0.261 e. The lowest BCUT2D eigenvalue weighted by atomic mass is 9.80. The highest BCUT2D eigenvalue weighted by Crippen LogP contribution is 2.35. The van der Waals surface area contributed by atoms with Crippen LogP contribution in [0, 0.1) is 5.92 Å². The fraction of sp³-hybridized carbons (Fsp3) is 0.533. The molecule has 92 valence electrons. The predicted molar refractivity (Wildman–Crippen MR) is 73.3 cm³/mol. The zero-order valence-corrected chi connectivity index (χ0v) is 11.2. The second-order valence-corrected chi connectivity index (χ2v) is 5.13. The van der Waals surface area contributed by atoms with E-state index in [4.69, 9.17) is 11.6 Å². The van der Waals surface area contributed by atoms with Gasteiger partial charge in [-0.15, -0.1) is 0 Å². The fourth-order valence-corrected chi connectivity index (χ4v) is 2.80. The Labute approximate surface area is 109 Å². The SMILES string of the molecule is CCc1ccc(C2CCC(C=CCl)CC2)nc1. The van der Waals surface area contributed by atoms with Gasteiger partial charge in [0.15, 0.2) is 0 Å². The van der Waals surface area contributed by atoms with Crippen LogP contribution in [-0.4, -0.2) is 4.98 Å². The van der Waals surface area contributed by atoms with Gasteiger partial charge >= 0.3 is 0 Å². The summed E-state index contributed by atoms with van der Waals surface area (Å²) in [5.74, 6) is 1.33. The van der Waals surface area contributed by atoms with Crippen LogP contribution in [0.5, 0.6) is 0 Å². The molecule has 0 radical (unpaired) electrons. The van der Waals surface area contributed by atoms with Crippen molar-refractivity contribution in [1.29, 1.82) is 0 Å². The van der Waals surface area contributed by atoms with E-state index in [0.717, 1.165) is 6.42 Å². The molecule has 2 rings (SSSR count). The van der Waals surface area contributed by atoms with E-state index in [1.165, 1.54) is 36.9 Å². The maximum absolute atomic E-state index is 5.63. The van der Waals surface area contributed by atoms with Crippen molar-refractivity contribution < 1.29 is 0 Å². The Morgan fingerprint density at radius 1 is 1.29 bits per heavy atom. The summed E-state index contributed by atoms with van der Waals surface area (Å²) < 4.78 is 0. The third kappa shape index (κ3) is 3.32. The highest BCUT2D eigenvalue weighted by atomic mass is 35.5. The number of allylic oxidation sites excluding steroid dienone is 1. The molecule has 17 heavy (non-hydrogen) atoms. The summed E-state index contributed by atoms with van der Waals surface area (Å²) in [6.07, 6.45) is 10.2. The molecule has 1 heterocycles. The summed E-state index contributed by atoms with van der Waals surface area (Å²) >= 11 is 5.63.